The van der Waals surface area contributed by atoms with E-state index < -0.39 is 0 Å². The molecule has 0 bridgehead atoms. The Balaban J connectivity index is 0.904. The first-order valence-electron chi connectivity index (χ1n) is 24.8. The largest absolute Gasteiger partial charge is 0.311 e. The van der Waals surface area contributed by atoms with Gasteiger partial charge in [0.05, 0.1) is 11.0 Å². The minimum atomic E-state index is 1.08. The van der Waals surface area contributed by atoms with E-state index >= 15 is 0 Å². The predicted molar refractivity (Wildman–Crippen MR) is 307 cm³/mol. The van der Waals surface area contributed by atoms with E-state index in [0.717, 1.165) is 28.3 Å². The number of hydrogen-bond acceptors (Lipinski definition) is 1. The minimum Gasteiger partial charge on any atom is -0.311 e. The van der Waals surface area contributed by atoms with Crippen LogP contribution in [0.1, 0.15) is 0 Å². The van der Waals surface area contributed by atoms with Crippen LogP contribution in [-0.2, 0) is 0 Å². The molecule has 0 aliphatic heterocycles. The van der Waals surface area contributed by atoms with Gasteiger partial charge in [-0.25, -0.2) is 0 Å². The lowest BCUT2D eigenvalue weighted by atomic mass is 9.85. The van der Waals surface area contributed by atoms with E-state index in [2.05, 4.69) is 289 Å². The maximum atomic E-state index is 2.45. The van der Waals surface area contributed by atoms with Gasteiger partial charge in [0, 0.05) is 38.9 Å². The summed E-state index contributed by atoms with van der Waals surface area (Å²) in [5.74, 6) is 0. The number of aromatic nitrogens is 1. The van der Waals surface area contributed by atoms with Crippen molar-refractivity contribution < 1.29 is 0 Å². The van der Waals surface area contributed by atoms with Crippen molar-refractivity contribution in [3.8, 4) is 50.2 Å². The van der Waals surface area contributed by atoms with Crippen molar-refractivity contribution >= 4 is 82.0 Å². The first kappa shape index (κ1) is 41.5. The molecule has 2 nitrogen and oxygen atoms in total. The molecule has 0 saturated heterocycles. The van der Waals surface area contributed by atoms with Gasteiger partial charge < -0.3 is 9.47 Å². The maximum absolute atomic E-state index is 2.45. The molecule has 2 heteroatoms. The van der Waals surface area contributed by atoms with E-state index in [1.165, 1.54) is 104 Å². The highest BCUT2D eigenvalue weighted by Crippen LogP contribution is 2.46. The van der Waals surface area contributed by atoms with Crippen molar-refractivity contribution in [2.45, 2.75) is 0 Å². The summed E-state index contributed by atoms with van der Waals surface area (Å²) in [6, 6.07) is 102. The summed E-state index contributed by atoms with van der Waals surface area (Å²) in [5, 5.41) is 12.5. The van der Waals surface area contributed by atoms with Crippen LogP contribution in [0.5, 0.6) is 0 Å². The number of fused-ring (bicyclic) bond motifs is 9. The van der Waals surface area contributed by atoms with E-state index in [-0.39, 0.29) is 0 Å². The van der Waals surface area contributed by atoms with Crippen LogP contribution in [0.25, 0.3) is 115 Å². The quantitative estimate of drug-likeness (QED) is 0.138. The molecule has 0 saturated carbocycles. The number of rotatable bonds is 8. The van der Waals surface area contributed by atoms with Crippen molar-refractivity contribution in [3.63, 3.8) is 0 Å². The van der Waals surface area contributed by atoms with Gasteiger partial charge in [-0.15, -0.1) is 0 Å². The second-order valence-corrected chi connectivity index (χ2v) is 18.8. The standard InChI is InChI=1S/C70H46N2/c1-3-18-51(19-4-1)68-64-27-13-11-25-61(64)62-26-12-14-28-65(62)69(68)52-34-42-57(43-35-52)71(56-40-32-50(33-41-56)59-29-15-20-48-16-7-9-23-58(48)59)55-38-30-47(31-39-55)53-37-44-63-66-45-36-49-17-8-10-24-60(49)70(66)72(67(63)46-53)54-21-5-2-6-22-54/h1-46H. The average Bonchev–Trinajstić information content (AvgIpc) is 3.80. The molecule has 0 spiro atoms. The molecular formula is C70H46N2. The molecular weight excluding hydrogens is 869 g/mol. The molecule has 1 heterocycles. The molecule has 0 aliphatic carbocycles. The molecule has 0 atom stereocenters. The van der Waals surface area contributed by atoms with Gasteiger partial charge in [-0.1, -0.05) is 224 Å². The fourth-order valence-electron chi connectivity index (χ4n) is 11.4. The van der Waals surface area contributed by atoms with E-state index in [1.54, 1.807) is 0 Å². The molecule has 14 aromatic rings. The van der Waals surface area contributed by atoms with Crippen molar-refractivity contribution in [2.24, 2.45) is 0 Å². The fourth-order valence-corrected chi connectivity index (χ4v) is 11.4. The van der Waals surface area contributed by atoms with Gasteiger partial charge in [-0.05, 0) is 137 Å². The number of hydrogen-bond donors (Lipinski definition) is 0. The number of anilines is 3. The zero-order valence-electron chi connectivity index (χ0n) is 39.5. The summed E-state index contributed by atoms with van der Waals surface area (Å²) in [5.41, 5.74) is 16.5. The molecule has 1 aromatic heterocycles. The molecule has 0 aliphatic rings. The van der Waals surface area contributed by atoms with Crippen molar-refractivity contribution in [1.29, 1.82) is 0 Å². The first-order chi connectivity index (χ1) is 35.7. The van der Waals surface area contributed by atoms with Gasteiger partial charge >= 0.3 is 0 Å². The van der Waals surface area contributed by atoms with Crippen LogP contribution in [0.15, 0.2) is 279 Å². The zero-order valence-corrected chi connectivity index (χ0v) is 39.5. The molecule has 0 radical (unpaired) electrons. The highest BCUT2D eigenvalue weighted by atomic mass is 15.1. The molecule has 0 N–H and O–H groups in total. The molecule has 72 heavy (non-hydrogen) atoms. The summed E-state index contributed by atoms with van der Waals surface area (Å²) < 4.78 is 2.45. The van der Waals surface area contributed by atoms with Crippen LogP contribution in [0.3, 0.4) is 0 Å². The lowest BCUT2D eigenvalue weighted by Gasteiger charge is -2.26. The monoisotopic (exact) mass is 914 g/mol. The molecule has 0 fully saturated rings. The summed E-state index contributed by atoms with van der Waals surface area (Å²) in [6.07, 6.45) is 0. The summed E-state index contributed by atoms with van der Waals surface area (Å²) in [7, 11) is 0. The first-order valence-corrected chi connectivity index (χ1v) is 24.8. The smallest absolute Gasteiger partial charge is 0.0619 e. The van der Waals surface area contributed by atoms with Crippen LogP contribution in [0, 0.1) is 0 Å². The Bertz CT molecular complexity index is 4340. The highest BCUT2D eigenvalue weighted by Gasteiger charge is 2.21. The van der Waals surface area contributed by atoms with Gasteiger partial charge in [0.25, 0.3) is 0 Å². The molecule has 0 unspecified atom stereocenters. The van der Waals surface area contributed by atoms with Gasteiger partial charge in [-0.3, -0.25) is 0 Å². The van der Waals surface area contributed by atoms with Crippen LogP contribution in [-0.4, -0.2) is 4.57 Å². The number of para-hydroxylation sites is 1. The lowest BCUT2D eigenvalue weighted by Crippen LogP contribution is -2.09. The Morgan fingerprint density at radius 1 is 0.250 bits per heavy atom. The molecule has 14 rings (SSSR count). The van der Waals surface area contributed by atoms with Crippen LogP contribution in [0.4, 0.5) is 17.1 Å². The zero-order chi connectivity index (χ0) is 47.5. The number of nitrogens with zero attached hydrogens (tertiary/aromatic N) is 2. The van der Waals surface area contributed by atoms with E-state index in [4.69, 9.17) is 0 Å². The van der Waals surface area contributed by atoms with E-state index in [1.807, 2.05) is 0 Å². The average molecular weight is 915 g/mol. The maximum Gasteiger partial charge on any atom is 0.0619 e. The minimum absolute atomic E-state index is 1.08. The third kappa shape index (κ3) is 6.88. The van der Waals surface area contributed by atoms with Crippen molar-refractivity contribution in [2.75, 3.05) is 4.90 Å². The Kier molecular flexibility index (Phi) is 9.89. The third-order valence-electron chi connectivity index (χ3n) is 14.8. The van der Waals surface area contributed by atoms with E-state index in [9.17, 15) is 0 Å². The molecule has 13 aromatic carbocycles. The van der Waals surface area contributed by atoms with Crippen LogP contribution in [0.2, 0.25) is 0 Å². The van der Waals surface area contributed by atoms with Gasteiger partial charge in [0.15, 0.2) is 0 Å². The Morgan fingerprint density at radius 2 is 0.694 bits per heavy atom. The second-order valence-electron chi connectivity index (χ2n) is 18.8. The van der Waals surface area contributed by atoms with Crippen LogP contribution < -0.4 is 4.90 Å². The number of benzene rings is 13. The van der Waals surface area contributed by atoms with Gasteiger partial charge in [-0.2, -0.15) is 0 Å². The lowest BCUT2D eigenvalue weighted by molar-refractivity contribution is 1.19. The Labute approximate surface area is 418 Å². The summed E-state index contributed by atoms with van der Waals surface area (Å²) in [4.78, 5) is 2.39. The SMILES string of the molecule is c1ccc(-c2c(-c3ccc(N(c4ccc(-c5ccc6c7ccc8ccccc8c7n(-c7ccccc7)c6c5)cc4)c4ccc(-c5cccc6ccccc56)cc4)cc3)c3ccccc3c3ccccc23)cc1. The van der Waals surface area contributed by atoms with Crippen molar-refractivity contribution in [3.05, 3.63) is 279 Å². The summed E-state index contributed by atoms with van der Waals surface area (Å²) in [6.45, 7) is 0. The summed E-state index contributed by atoms with van der Waals surface area (Å²) >= 11 is 0. The Morgan fingerprint density at radius 3 is 1.32 bits per heavy atom. The van der Waals surface area contributed by atoms with Gasteiger partial charge in [0.1, 0.15) is 0 Å². The third-order valence-corrected chi connectivity index (χ3v) is 14.8. The topological polar surface area (TPSA) is 8.17 Å². The highest BCUT2D eigenvalue weighted by molar-refractivity contribution is 6.22. The predicted octanol–water partition coefficient (Wildman–Crippen LogP) is 19.5. The van der Waals surface area contributed by atoms with Gasteiger partial charge in [0.2, 0.25) is 0 Å². The van der Waals surface area contributed by atoms with E-state index in [0.29, 0.717) is 0 Å². The molecule has 336 valence electrons. The van der Waals surface area contributed by atoms with Crippen molar-refractivity contribution in [1.82, 2.24) is 4.57 Å². The fraction of sp³-hybridized carbons (Fsp3) is 0. The Hall–Kier alpha value is -9.50. The molecule has 0 amide bonds. The normalized spacial score (nSPS) is 11.6. The van der Waals surface area contributed by atoms with Crippen LogP contribution >= 0.6 is 0 Å². The second kappa shape index (κ2) is 17.2.